The molecule has 3 nitrogen and oxygen atoms in total. The van der Waals surface area contributed by atoms with Gasteiger partial charge in [0.25, 0.3) is 5.91 Å². The number of amides is 1. The first-order valence-electron chi connectivity index (χ1n) is 4.57. The third-order valence-electron chi connectivity index (χ3n) is 2.04. The molecule has 88 valence electrons. The average Bonchev–Trinajstić information content (AvgIpc) is 2.70. The molecule has 0 aliphatic heterocycles. The number of carbonyl (C=O) groups excluding carboxylic acids is 1. The van der Waals surface area contributed by atoms with Crippen molar-refractivity contribution in [1.82, 2.24) is 0 Å². The number of anilines is 1. The van der Waals surface area contributed by atoms with E-state index in [2.05, 4.69) is 5.32 Å². The molecule has 0 spiro atoms. The van der Waals surface area contributed by atoms with Crippen molar-refractivity contribution in [2.45, 2.75) is 0 Å². The highest BCUT2D eigenvalue weighted by Crippen LogP contribution is 2.21. The summed E-state index contributed by atoms with van der Waals surface area (Å²) < 4.78 is 17.9. The Morgan fingerprint density at radius 2 is 2.06 bits per heavy atom. The first-order chi connectivity index (χ1) is 8.08. The Hall–Kier alpha value is -1.52. The number of rotatable bonds is 2. The quantitative estimate of drug-likeness (QED) is 0.900. The molecule has 1 heterocycles. The lowest BCUT2D eigenvalue weighted by Crippen LogP contribution is -2.11. The Morgan fingerprint density at radius 1 is 1.29 bits per heavy atom. The molecule has 6 heteroatoms. The topological polar surface area (TPSA) is 42.2 Å². The highest BCUT2D eigenvalue weighted by molar-refractivity contribution is 6.32. The largest absolute Gasteiger partial charge is 0.452 e. The van der Waals surface area contributed by atoms with E-state index in [1.807, 2.05) is 0 Å². The molecule has 1 aromatic heterocycles. The lowest BCUT2D eigenvalue weighted by molar-refractivity contribution is 0.102. The fourth-order valence-electron chi connectivity index (χ4n) is 1.23. The second-order valence-electron chi connectivity index (χ2n) is 3.19. The fourth-order valence-corrected chi connectivity index (χ4v) is 1.55. The minimum atomic E-state index is -0.609. The van der Waals surface area contributed by atoms with Crippen molar-refractivity contribution in [3.63, 3.8) is 0 Å². The van der Waals surface area contributed by atoms with Crippen molar-refractivity contribution in [2.24, 2.45) is 0 Å². The van der Waals surface area contributed by atoms with Gasteiger partial charge in [-0.1, -0.05) is 11.6 Å². The number of furan rings is 1. The maximum absolute atomic E-state index is 13.1. The van der Waals surface area contributed by atoms with Gasteiger partial charge in [-0.25, -0.2) is 4.39 Å². The summed E-state index contributed by atoms with van der Waals surface area (Å²) >= 11 is 11.2. The van der Waals surface area contributed by atoms with Gasteiger partial charge in [0, 0.05) is 5.69 Å². The van der Waals surface area contributed by atoms with Gasteiger partial charge in [0.2, 0.25) is 5.22 Å². The second kappa shape index (κ2) is 4.77. The third kappa shape index (κ3) is 2.60. The van der Waals surface area contributed by atoms with E-state index >= 15 is 0 Å². The molecule has 0 saturated heterocycles. The van der Waals surface area contributed by atoms with E-state index in [-0.39, 0.29) is 21.5 Å². The van der Waals surface area contributed by atoms with Crippen LogP contribution in [-0.2, 0) is 0 Å². The molecule has 0 aliphatic carbocycles. The molecule has 0 atom stereocenters. The molecule has 0 bridgehead atoms. The molecule has 0 aliphatic rings. The summed E-state index contributed by atoms with van der Waals surface area (Å²) in [5.74, 6) is -1.09. The molecule has 1 amide bonds. The maximum atomic E-state index is 13.1. The van der Waals surface area contributed by atoms with E-state index in [4.69, 9.17) is 27.6 Å². The number of benzene rings is 1. The molecule has 0 fully saturated rings. The normalized spacial score (nSPS) is 10.3. The molecular formula is C11H6Cl2FNO2. The molecule has 0 unspecified atom stereocenters. The van der Waals surface area contributed by atoms with Crippen LogP contribution in [0.1, 0.15) is 10.4 Å². The Bertz CT molecular complexity index is 568. The van der Waals surface area contributed by atoms with Gasteiger partial charge in [0.15, 0.2) is 0 Å². The molecule has 1 aromatic carbocycles. The molecule has 2 rings (SSSR count). The predicted octanol–water partition coefficient (Wildman–Crippen LogP) is 3.98. The lowest BCUT2D eigenvalue weighted by Gasteiger charge is -2.04. The van der Waals surface area contributed by atoms with Crippen molar-refractivity contribution in [2.75, 3.05) is 5.32 Å². The van der Waals surface area contributed by atoms with Gasteiger partial charge in [-0.3, -0.25) is 4.79 Å². The van der Waals surface area contributed by atoms with Gasteiger partial charge in [-0.15, -0.1) is 0 Å². The first-order valence-corrected chi connectivity index (χ1v) is 5.33. The smallest absolute Gasteiger partial charge is 0.260 e. The van der Waals surface area contributed by atoms with Crippen molar-refractivity contribution >= 4 is 34.8 Å². The predicted molar refractivity (Wildman–Crippen MR) is 63.1 cm³/mol. The van der Waals surface area contributed by atoms with Crippen molar-refractivity contribution in [3.8, 4) is 0 Å². The molecule has 0 saturated carbocycles. The number of nitrogens with one attached hydrogen (secondary N) is 1. The minimum Gasteiger partial charge on any atom is -0.452 e. The molecule has 17 heavy (non-hydrogen) atoms. The van der Waals surface area contributed by atoms with Crippen LogP contribution in [0.2, 0.25) is 10.2 Å². The number of halogens is 3. The summed E-state index contributed by atoms with van der Waals surface area (Å²) in [6, 6.07) is 5.37. The van der Waals surface area contributed by atoms with Gasteiger partial charge in [-0.2, -0.15) is 0 Å². The summed E-state index contributed by atoms with van der Waals surface area (Å²) in [7, 11) is 0. The van der Waals surface area contributed by atoms with Crippen LogP contribution in [0.25, 0.3) is 0 Å². The maximum Gasteiger partial charge on any atom is 0.260 e. The Labute approximate surface area is 106 Å². The van der Waals surface area contributed by atoms with Crippen LogP contribution in [0.4, 0.5) is 10.1 Å². The Morgan fingerprint density at radius 3 is 2.65 bits per heavy atom. The molecular weight excluding hydrogens is 268 g/mol. The lowest BCUT2D eigenvalue weighted by atomic mass is 10.2. The summed E-state index contributed by atoms with van der Waals surface area (Å²) in [4.78, 5) is 11.7. The van der Waals surface area contributed by atoms with E-state index in [0.29, 0.717) is 0 Å². The third-order valence-corrected chi connectivity index (χ3v) is 2.64. The summed E-state index contributed by atoms with van der Waals surface area (Å²) in [6.45, 7) is 0. The van der Waals surface area contributed by atoms with Crippen LogP contribution >= 0.6 is 23.2 Å². The number of carbonyl (C=O) groups is 1. The zero-order valence-electron chi connectivity index (χ0n) is 8.34. The van der Waals surface area contributed by atoms with Gasteiger partial charge >= 0.3 is 0 Å². The van der Waals surface area contributed by atoms with Crippen LogP contribution in [0.3, 0.4) is 0 Å². The van der Waals surface area contributed by atoms with Crippen LogP contribution in [0.5, 0.6) is 0 Å². The van der Waals surface area contributed by atoms with Gasteiger partial charge in [-0.05, 0) is 35.9 Å². The van der Waals surface area contributed by atoms with E-state index in [1.54, 1.807) is 0 Å². The van der Waals surface area contributed by atoms with E-state index < -0.39 is 11.7 Å². The zero-order valence-corrected chi connectivity index (χ0v) is 9.85. The minimum absolute atomic E-state index is 0.00987. The molecule has 1 N–H and O–H groups in total. The van der Waals surface area contributed by atoms with Crippen LogP contribution in [-0.4, -0.2) is 5.91 Å². The average molecular weight is 274 g/mol. The standard InChI is InChI=1S/C11H6Cl2FNO2/c12-8-2-1-6(5-9(8)14)15-11(16)7-3-4-17-10(7)13/h1-5H,(H,15,16). The summed E-state index contributed by atoms with van der Waals surface area (Å²) in [6.07, 6.45) is 1.29. The molecule has 0 radical (unpaired) electrons. The summed E-state index contributed by atoms with van der Waals surface area (Å²) in [5, 5.41) is 2.44. The Balaban J connectivity index is 2.19. The van der Waals surface area contributed by atoms with Crippen molar-refractivity contribution < 1.29 is 13.6 Å². The first kappa shape index (κ1) is 12.0. The number of hydrogen-bond acceptors (Lipinski definition) is 2. The van der Waals surface area contributed by atoms with Gasteiger partial charge in [0.05, 0.1) is 16.8 Å². The van der Waals surface area contributed by atoms with Crippen molar-refractivity contribution in [3.05, 3.63) is 52.2 Å². The number of hydrogen-bond donors (Lipinski definition) is 1. The van der Waals surface area contributed by atoms with Crippen molar-refractivity contribution in [1.29, 1.82) is 0 Å². The van der Waals surface area contributed by atoms with Crippen LogP contribution < -0.4 is 5.32 Å². The molecule has 2 aromatic rings. The van der Waals surface area contributed by atoms with E-state index in [1.165, 1.54) is 24.5 Å². The highest BCUT2D eigenvalue weighted by atomic mass is 35.5. The van der Waals surface area contributed by atoms with Gasteiger partial charge < -0.3 is 9.73 Å². The highest BCUT2D eigenvalue weighted by Gasteiger charge is 2.13. The fraction of sp³-hybridized carbons (Fsp3) is 0. The van der Waals surface area contributed by atoms with Crippen LogP contribution in [0, 0.1) is 5.82 Å². The van der Waals surface area contributed by atoms with E-state index in [9.17, 15) is 9.18 Å². The zero-order chi connectivity index (χ0) is 12.4. The van der Waals surface area contributed by atoms with Gasteiger partial charge in [0.1, 0.15) is 5.82 Å². The second-order valence-corrected chi connectivity index (χ2v) is 3.94. The Kier molecular flexibility index (Phi) is 3.36. The monoisotopic (exact) mass is 273 g/mol. The van der Waals surface area contributed by atoms with Crippen LogP contribution in [0.15, 0.2) is 34.9 Å². The SMILES string of the molecule is O=C(Nc1ccc(Cl)c(F)c1)c1ccoc1Cl. The van der Waals surface area contributed by atoms with E-state index in [0.717, 1.165) is 6.07 Å². The summed E-state index contributed by atoms with van der Waals surface area (Å²) in [5.41, 5.74) is 0.469.